The topological polar surface area (TPSA) is 40.5 Å². The summed E-state index contributed by atoms with van der Waals surface area (Å²) in [6.45, 7) is 0. The first-order valence-corrected chi connectivity index (χ1v) is 6.21. The Labute approximate surface area is 105 Å². The summed E-state index contributed by atoms with van der Waals surface area (Å²) in [5.41, 5.74) is 0.585. The highest BCUT2D eigenvalue weighted by Gasteiger charge is 2.20. The zero-order valence-corrected chi connectivity index (χ0v) is 10.8. The summed E-state index contributed by atoms with van der Waals surface area (Å²) in [5.74, 6) is 0. The fourth-order valence-electron chi connectivity index (χ4n) is 1.32. The summed E-state index contributed by atoms with van der Waals surface area (Å²) in [6, 6.07) is 5.69. The number of benzene rings is 1. The molecule has 72 valence electrons. The van der Waals surface area contributed by atoms with Gasteiger partial charge in [-0.3, -0.25) is 0 Å². The number of thiol groups is 1. The lowest BCUT2D eigenvalue weighted by molar-refractivity contribution is 0.426. The first-order chi connectivity index (χ1) is 6.59. The van der Waals surface area contributed by atoms with E-state index in [2.05, 4.69) is 35.2 Å². The van der Waals surface area contributed by atoms with Crippen molar-refractivity contribution >= 4 is 69.2 Å². The molecular weight excluding hydrogens is 330 g/mol. The van der Waals surface area contributed by atoms with Crippen LogP contribution in [-0.2, 0) is 0 Å². The van der Waals surface area contributed by atoms with Gasteiger partial charge in [0.25, 0.3) is 0 Å². The zero-order valence-electron chi connectivity index (χ0n) is 6.94. The Morgan fingerprint density at radius 2 is 2.07 bits per heavy atom. The molecule has 2 rings (SSSR count). The lowest BCUT2D eigenvalue weighted by Gasteiger charge is -1.98. The minimum absolute atomic E-state index is 0.585. The number of rotatable bonds is 1. The summed E-state index contributed by atoms with van der Waals surface area (Å²) < 4.78 is 1.96. The third kappa shape index (κ3) is 1.81. The van der Waals surface area contributed by atoms with Gasteiger partial charge in [-0.2, -0.15) is 0 Å². The number of thiophene rings is 1. The molecule has 1 aromatic heterocycles. The zero-order chi connectivity index (χ0) is 10.3. The van der Waals surface area contributed by atoms with Gasteiger partial charge in [0.1, 0.15) is 0 Å². The second kappa shape index (κ2) is 4.01. The van der Waals surface area contributed by atoms with E-state index in [0.717, 1.165) is 17.9 Å². The molecule has 0 atom stereocenters. The van der Waals surface area contributed by atoms with Crippen LogP contribution in [0.5, 0.6) is 0 Å². The van der Waals surface area contributed by atoms with Crippen LogP contribution < -0.4 is 5.46 Å². The highest BCUT2D eigenvalue weighted by Crippen LogP contribution is 2.26. The van der Waals surface area contributed by atoms with E-state index < -0.39 is 7.12 Å². The molecule has 0 aliphatic rings. The Morgan fingerprint density at radius 3 is 2.71 bits per heavy atom. The fraction of sp³-hybridized carbons (Fsp3) is 0. The van der Waals surface area contributed by atoms with Crippen LogP contribution in [-0.4, -0.2) is 17.2 Å². The van der Waals surface area contributed by atoms with Gasteiger partial charge >= 0.3 is 7.12 Å². The Kier molecular flexibility index (Phi) is 3.08. The van der Waals surface area contributed by atoms with Crippen LogP contribution >= 0.6 is 46.6 Å². The monoisotopic (exact) mass is 336 g/mol. The van der Waals surface area contributed by atoms with E-state index >= 15 is 0 Å². The second-order valence-electron chi connectivity index (χ2n) is 2.84. The molecule has 0 fully saturated rings. The average Bonchev–Trinajstić information content (AvgIpc) is 2.40. The van der Waals surface area contributed by atoms with Crippen LogP contribution in [0.1, 0.15) is 0 Å². The van der Waals surface area contributed by atoms with E-state index in [-0.39, 0.29) is 0 Å². The van der Waals surface area contributed by atoms with E-state index in [0.29, 0.717) is 5.46 Å². The normalized spacial score (nSPS) is 10.9. The molecule has 6 heteroatoms. The van der Waals surface area contributed by atoms with E-state index in [9.17, 15) is 10.0 Å². The standard InChI is InChI=1S/C8H6BIO2S2/c10-8-7(9(11)12)5-3-4(13)1-2-6(5)14-8/h1-3,11-13H. The first kappa shape index (κ1) is 10.8. The quantitative estimate of drug-likeness (QED) is 0.419. The Hall–Kier alpha value is 0.245. The molecule has 2 N–H and O–H groups in total. The molecule has 0 aliphatic heterocycles. The van der Waals surface area contributed by atoms with Crippen LogP contribution in [0, 0.1) is 2.88 Å². The van der Waals surface area contributed by atoms with Crippen molar-refractivity contribution in [3.8, 4) is 0 Å². The van der Waals surface area contributed by atoms with Crippen molar-refractivity contribution in [1.29, 1.82) is 0 Å². The van der Waals surface area contributed by atoms with Gasteiger partial charge in [0.2, 0.25) is 0 Å². The van der Waals surface area contributed by atoms with Gasteiger partial charge < -0.3 is 10.0 Å². The number of fused-ring (bicyclic) bond motifs is 1. The molecule has 0 unspecified atom stereocenters. The highest BCUT2D eigenvalue weighted by atomic mass is 127. The van der Waals surface area contributed by atoms with Gasteiger partial charge in [-0.25, -0.2) is 0 Å². The molecule has 1 aromatic carbocycles. The third-order valence-electron chi connectivity index (χ3n) is 1.92. The molecular formula is C8H6BIO2S2. The Bertz CT molecular complexity index is 483. The van der Waals surface area contributed by atoms with Gasteiger partial charge in [-0.05, 0) is 46.2 Å². The van der Waals surface area contributed by atoms with Crippen LogP contribution in [0.3, 0.4) is 0 Å². The van der Waals surface area contributed by atoms with E-state index in [4.69, 9.17) is 0 Å². The summed E-state index contributed by atoms with van der Waals surface area (Å²) in [7, 11) is -1.41. The maximum absolute atomic E-state index is 9.21. The summed E-state index contributed by atoms with van der Waals surface area (Å²) in [4.78, 5) is 0.827. The molecule has 0 saturated carbocycles. The molecule has 0 radical (unpaired) electrons. The minimum Gasteiger partial charge on any atom is -0.423 e. The van der Waals surface area contributed by atoms with Gasteiger partial charge in [0, 0.05) is 15.1 Å². The molecule has 14 heavy (non-hydrogen) atoms. The largest absolute Gasteiger partial charge is 0.491 e. The highest BCUT2D eigenvalue weighted by molar-refractivity contribution is 14.1. The molecule has 0 bridgehead atoms. The van der Waals surface area contributed by atoms with E-state index in [1.165, 1.54) is 0 Å². The van der Waals surface area contributed by atoms with Crippen LogP contribution in [0.2, 0.25) is 0 Å². The molecule has 0 aliphatic carbocycles. The second-order valence-corrected chi connectivity index (χ2v) is 6.22. The van der Waals surface area contributed by atoms with Crippen LogP contribution in [0.25, 0.3) is 10.1 Å². The maximum Gasteiger partial charge on any atom is 0.491 e. The fourth-order valence-corrected chi connectivity index (χ4v) is 3.73. The molecule has 2 nitrogen and oxygen atoms in total. The number of hydrogen-bond donors (Lipinski definition) is 3. The molecule has 0 saturated heterocycles. The summed E-state index contributed by atoms with van der Waals surface area (Å²) >= 11 is 7.89. The van der Waals surface area contributed by atoms with Crippen molar-refractivity contribution in [2.24, 2.45) is 0 Å². The molecule has 1 heterocycles. The minimum atomic E-state index is -1.41. The van der Waals surface area contributed by atoms with Crippen molar-refractivity contribution in [2.75, 3.05) is 0 Å². The predicted molar refractivity (Wildman–Crippen MR) is 71.6 cm³/mol. The molecule has 2 aromatic rings. The number of hydrogen-bond acceptors (Lipinski definition) is 4. The predicted octanol–water partition coefficient (Wildman–Crippen LogP) is 1.47. The molecule has 0 spiro atoms. The van der Waals surface area contributed by atoms with Gasteiger partial charge in [-0.1, -0.05) is 0 Å². The van der Waals surface area contributed by atoms with Gasteiger partial charge in [-0.15, -0.1) is 24.0 Å². The summed E-state index contributed by atoms with van der Waals surface area (Å²) in [5, 5.41) is 19.3. The third-order valence-corrected chi connectivity index (χ3v) is 4.42. The maximum atomic E-state index is 9.21. The Balaban J connectivity index is 2.79. The lowest BCUT2D eigenvalue weighted by Crippen LogP contribution is -2.30. The van der Waals surface area contributed by atoms with Crippen molar-refractivity contribution in [1.82, 2.24) is 0 Å². The van der Waals surface area contributed by atoms with Gasteiger partial charge in [0.15, 0.2) is 0 Å². The summed E-state index contributed by atoms with van der Waals surface area (Å²) in [6.07, 6.45) is 0. The van der Waals surface area contributed by atoms with E-state index in [1.807, 2.05) is 18.2 Å². The van der Waals surface area contributed by atoms with Crippen molar-refractivity contribution < 1.29 is 10.0 Å². The first-order valence-electron chi connectivity index (χ1n) is 3.86. The van der Waals surface area contributed by atoms with Crippen molar-refractivity contribution in [3.63, 3.8) is 0 Å². The van der Waals surface area contributed by atoms with Crippen molar-refractivity contribution in [2.45, 2.75) is 4.90 Å². The van der Waals surface area contributed by atoms with E-state index in [1.54, 1.807) is 11.3 Å². The van der Waals surface area contributed by atoms with Crippen molar-refractivity contribution in [3.05, 3.63) is 21.1 Å². The molecule has 0 amide bonds. The smallest absolute Gasteiger partial charge is 0.423 e. The van der Waals surface area contributed by atoms with Crippen LogP contribution in [0.4, 0.5) is 0 Å². The number of halogens is 1. The average molecular weight is 336 g/mol. The van der Waals surface area contributed by atoms with Gasteiger partial charge in [0.05, 0.1) is 2.88 Å². The SMILES string of the molecule is OB(O)c1c(I)sc2ccc(S)cc12. The van der Waals surface area contributed by atoms with Crippen LogP contribution in [0.15, 0.2) is 23.1 Å². The Morgan fingerprint density at radius 1 is 1.36 bits per heavy atom. The lowest BCUT2D eigenvalue weighted by atomic mass is 9.80.